The molecule has 2 aromatic carbocycles. The van der Waals surface area contributed by atoms with Crippen molar-refractivity contribution in [3.8, 4) is 0 Å². The molecule has 0 saturated carbocycles. The van der Waals surface area contributed by atoms with Crippen LogP contribution in [0, 0.1) is 0 Å². The van der Waals surface area contributed by atoms with Gasteiger partial charge in [-0.25, -0.2) is 0 Å². The second-order valence-electron chi connectivity index (χ2n) is 7.49. The van der Waals surface area contributed by atoms with Crippen molar-refractivity contribution in [2.45, 2.75) is 39.5 Å². The van der Waals surface area contributed by atoms with Gasteiger partial charge in [0.05, 0.1) is 0 Å². The van der Waals surface area contributed by atoms with E-state index in [1.54, 1.807) is 20.9 Å². The molecule has 2 aromatic rings. The summed E-state index contributed by atoms with van der Waals surface area (Å²) < 4.78 is 5.11. The maximum atomic E-state index is 2.60. The Morgan fingerprint density at radius 2 is 1.40 bits per heavy atom. The molecule has 0 saturated heterocycles. The van der Waals surface area contributed by atoms with E-state index in [2.05, 4.69) is 98.8 Å². The van der Waals surface area contributed by atoms with Crippen LogP contribution in [-0.2, 0) is 21.3 Å². The van der Waals surface area contributed by atoms with Crippen LogP contribution in [0.1, 0.15) is 50.7 Å². The van der Waals surface area contributed by atoms with Crippen molar-refractivity contribution in [2.24, 2.45) is 0 Å². The Hall–Kier alpha value is -1.27. The van der Waals surface area contributed by atoms with E-state index in [1.165, 1.54) is 24.0 Å². The first kappa shape index (κ1) is 25.0. The fourth-order valence-corrected chi connectivity index (χ4v) is 12.4. The van der Waals surface area contributed by atoms with E-state index in [-0.39, 0.29) is 24.8 Å². The van der Waals surface area contributed by atoms with Gasteiger partial charge in [0.1, 0.15) is 0 Å². The first-order chi connectivity index (χ1) is 13.8. The molecule has 0 bridgehead atoms. The van der Waals surface area contributed by atoms with Crippen LogP contribution in [0.5, 0.6) is 0 Å². The first-order valence-electron chi connectivity index (χ1n) is 10.4. The summed E-state index contributed by atoms with van der Waals surface area (Å²) >= 11 is -2.23. The van der Waals surface area contributed by atoms with Crippen LogP contribution in [0.2, 0.25) is 0 Å². The molecule has 0 spiro atoms. The molecule has 0 fully saturated rings. The Balaban J connectivity index is 0.00000160. The first-order valence-corrected chi connectivity index (χ1v) is 14.1. The second-order valence-corrected chi connectivity index (χ2v) is 13.7. The van der Waals surface area contributed by atoms with E-state index in [1.807, 2.05) is 0 Å². The molecule has 0 N–H and O–H groups in total. The summed E-state index contributed by atoms with van der Waals surface area (Å²) in [6.07, 6.45) is 14.3. The number of rotatable bonds is 6. The fourth-order valence-electron chi connectivity index (χ4n) is 4.40. The SMILES string of the molecule is CCC1=C(CC)C[C]([Zr+2]([C]2=CC=CC2)=[C](c2ccccc2)c2ccccc2)=C1.[Cl-].[Cl-]. The molecule has 0 aromatic heterocycles. The molecule has 0 radical (unpaired) electrons. The van der Waals surface area contributed by atoms with Crippen molar-refractivity contribution in [3.63, 3.8) is 0 Å². The molecule has 0 atom stereocenters. The van der Waals surface area contributed by atoms with Gasteiger partial charge in [0, 0.05) is 0 Å². The third kappa shape index (κ3) is 5.31. The predicted molar refractivity (Wildman–Crippen MR) is 118 cm³/mol. The van der Waals surface area contributed by atoms with Gasteiger partial charge in [-0.2, -0.15) is 0 Å². The maximum absolute atomic E-state index is 2.60. The average molecular weight is 515 g/mol. The number of halogens is 2. The molecule has 154 valence electrons. The van der Waals surface area contributed by atoms with Gasteiger partial charge in [0.15, 0.2) is 0 Å². The Labute approximate surface area is 201 Å². The van der Waals surface area contributed by atoms with Crippen molar-refractivity contribution in [3.05, 3.63) is 114 Å². The molecular weight excluding hydrogens is 486 g/mol. The summed E-state index contributed by atoms with van der Waals surface area (Å²) in [7, 11) is 0. The van der Waals surface area contributed by atoms with E-state index in [0.29, 0.717) is 0 Å². The number of hydrogen-bond acceptors (Lipinski definition) is 0. The molecule has 0 heterocycles. The van der Waals surface area contributed by atoms with Crippen LogP contribution in [-0.4, -0.2) is 3.21 Å². The molecule has 2 aliphatic rings. The monoisotopic (exact) mass is 512 g/mol. The zero-order chi connectivity index (χ0) is 19.3. The molecule has 4 rings (SSSR count). The predicted octanol–water partition coefficient (Wildman–Crippen LogP) is 1.13. The maximum Gasteiger partial charge on any atom is -1.00 e. The van der Waals surface area contributed by atoms with Crippen molar-refractivity contribution in [1.29, 1.82) is 0 Å². The molecule has 0 unspecified atom stereocenters. The standard InChI is InChI=1S/C13H10.C9H13.C5H5.2ClH.Zr/c1-3-7-12(8-4-1)11-13-9-5-2-6-10-13;1-3-8-6-5-7-9(8)4-2;1-2-4-5-3-1;;;/h1-10H;6H,3-4,7H2,1-2H3;1-3H,4H2;2*1H;/q;;;;;+2/p-2. The van der Waals surface area contributed by atoms with E-state index in [4.69, 9.17) is 0 Å². The minimum atomic E-state index is -2.23. The normalized spacial score (nSPS) is 14.3. The Kier molecular flexibility index (Phi) is 9.95. The van der Waals surface area contributed by atoms with Crippen molar-refractivity contribution >= 4 is 3.21 Å². The van der Waals surface area contributed by atoms with Gasteiger partial charge in [-0.05, 0) is 0 Å². The van der Waals surface area contributed by atoms with E-state index in [9.17, 15) is 0 Å². The molecule has 2 aliphatic carbocycles. The van der Waals surface area contributed by atoms with Gasteiger partial charge in [-0.15, -0.1) is 0 Å². The van der Waals surface area contributed by atoms with E-state index >= 15 is 0 Å². The summed E-state index contributed by atoms with van der Waals surface area (Å²) in [5, 5.41) is 0. The second kappa shape index (κ2) is 11.9. The van der Waals surface area contributed by atoms with Crippen molar-refractivity contribution < 1.29 is 46.1 Å². The average Bonchev–Trinajstić information content (AvgIpc) is 3.43. The van der Waals surface area contributed by atoms with Gasteiger partial charge >= 0.3 is 178 Å². The van der Waals surface area contributed by atoms with E-state index in [0.717, 1.165) is 12.8 Å². The van der Waals surface area contributed by atoms with E-state index < -0.39 is 21.3 Å². The zero-order valence-electron chi connectivity index (χ0n) is 17.7. The summed E-state index contributed by atoms with van der Waals surface area (Å²) in [5.74, 6) is 0. The summed E-state index contributed by atoms with van der Waals surface area (Å²) in [4.78, 5) is 0. The van der Waals surface area contributed by atoms with Crippen LogP contribution in [0.15, 0.2) is 103 Å². The summed E-state index contributed by atoms with van der Waals surface area (Å²) in [6.45, 7) is 4.63. The van der Waals surface area contributed by atoms with Crippen molar-refractivity contribution in [2.75, 3.05) is 0 Å². The number of hydrogen-bond donors (Lipinski definition) is 0. The van der Waals surface area contributed by atoms with Crippen LogP contribution in [0.25, 0.3) is 0 Å². The third-order valence-electron chi connectivity index (χ3n) is 5.80. The van der Waals surface area contributed by atoms with Crippen molar-refractivity contribution in [1.82, 2.24) is 0 Å². The minimum absolute atomic E-state index is 0. The summed E-state index contributed by atoms with van der Waals surface area (Å²) in [5.41, 5.74) is 6.10. The smallest absolute Gasteiger partial charge is 1.00 e. The van der Waals surface area contributed by atoms with Crippen LogP contribution >= 0.6 is 0 Å². The largest absolute Gasteiger partial charge is 1.00 e. The zero-order valence-corrected chi connectivity index (χ0v) is 21.6. The Bertz CT molecular complexity index is 968. The summed E-state index contributed by atoms with van der Waals surface area (Å²) in [6, 6.07) is 22.3. The topological polar surface area (TPSA) is 0 Å². The third-order valence-corrected chi connectivity index (χ3v) is 13.3. The van der Waals surface area contributed by atoms with Crippen LogP contribution in [0.4, 0.5) is 0 Å². The number of allylic oxidation sites excluding steroid dienone is 8. The molecular formula is C27H28Cl2Zr. The molecule has 0 amide bonds. The van der Waals surface area contributed by atoms with Crippen LogP contribution < -0.4 is 24.8 Å². The quantitative estimate of drug-likeness (QED) is 0.543. The number of benzene rings is 2. The van der Waals surface area contributed by atoms with Gasteiger partial charge in [-0.3, -0.25) is 0 Å². The molecule has 0 nitrogen and oxygen atoms in total. The van der Waals surface area contributed by atoms with Gasteiger partial charge in [0.2, 0.25) is 0 Å². The minimum Gasteiger partial charge on any atom is -1.00 e. The molecule has 0 aliphatic heterocycles. The van der Waals surface area contributed by atoms with Gasteiger partial charge < -0.3 is 24.8 Å². The Morgan fingerprint density at radius 3 is 1.83 bits per heavy atom. The van der Waals surface area contributed by atoms with Gasteiger partial charge in [0.25, 0.3) is 0 Å². The molecule has 3 heteroatoms. The molecule has 30 heavy (non-hydrogen) atoms. The Morgan fingerprint density at radius 1 is 0.800 bits per heavy atom. The van der Waals surface area contributed by atoms with Gasteiger partial charge in [-0.1, -0.05) is 0 Å². The fraction of sp³-hybridized carbons (Fsp3) is 0.222. The van der Waals surface area contributed by atoms with Crippen LogP contribution in [0.3, 0.4) is 0 Å².